The number of amides is 1. The van der Waals surface area contributed by atoms with Crippen LogP contribution < -0.4 is 20.1 Å². The van der Waals surface area contributed by atoms with Crippen LogP contribution in [-0.2, 0) is 4.79 Å². The number of carbonyl (C=O) groups is 1. The zero-order valence-corrected chi connectivity index (χ0v) is 12.8. The Balaban J connectivity index is 1.87. The molecule has 1 fully saturated rings. The van der Waals surface area contributed by atoms with Crippen LogP contribution in [0.3, 0.4) is 0 Å². The minimum atomic E-state index is 0.0202. The zero-order valence-electron chi connectivity index (χ0n) is 12.8. The van der Waals surface area contributed by atoms with Crippen molar-refractivity contribution in [2.24, 2.45) is 0 Å². The van der Waals surface area contributed by atoms with E-state index in [2.05, 4.69) is 10.6 Å². The van der Waals surface area contributed by atoms with Gasteiger partial charge in [-0.2, -0.15) is 0 Å². The summed E-state index contributed by atoms with van der Waals surface area (Å²) in [6.45, 7) is 0.236. The Labute approximate surface area is 126 Å². The third-order valence-electron chi connectivity index (χ3n) is 3.82. The Hall–Kier alpha value is -1.91. The SMILES string of the molecule is COc1ccc(OC)c(NCC(=O)NC2CCCCC2)c1. The average molecular weight is 292 g/mol. The lowest BCUT2D eigenvalue weighted by Crippen LogP contribution is -2.39. The molecule has 21 heavy (non-hydrogen) atoms. The van der Waals surface area contributed by atoms with Gasteiger partial charge in [0.2, 0.25) is 5.91 Å². The van der Waals surface area contributed by atoms with Crippen molar-refractivity contribution in [3.63, 3.8) is 0 Å². The molecule has 2 rings (SSSR count). The Kier molecular flexibility index (Phi) is 5.72. The van der Waals surface area contributed by atoms with Gasteiger partial charge in [-0.3, -0.25) is 4.79 Å². The standard InChI is InChI=1S/C16H24N2O3/c1-20-13-8-9-15(21-2)14(10-13)17-11-16(19)18-12-6-4-3-5-7-12/h8-10,12,17H,3-7,11H2,1-2H3,(H,18,19). The molecule has 1 saturated carbocycles. The molecule has 0 heterocycles. The van der Waals surface area contributed by atoms with E-state index in [1.54, 1.807) is 14.2 Å². The molecule has 0 aliphatic heterocycles. The molecule has 1 aromatic carbocycles. The van der Waals surface area contributed by atoms with E-state index in [0.29, 0.717) is 11.8 Å². The van der Waals surface area contributed by atoms with Gasteiger partial charge >= 0.3 is 0 Å². The fourth-order valence-corrected chi connectivity index (χ4v) is 2.65. The molecule has 1 aliphatic rings. The first-order chi connectivity index (χ1) is 10.2. The second-order valence-electron chi connectivity index (χ2n) is 5.32. The number of nitrogens with one attached hydrogen (secondary N) is 2. The molecule has 0 spiro atoms. The lowest BCUT2D eigenvalue weighted by molar-refractivity contribution is -0.120. The molecule has 1 aliphatic carbocycles. The fraction of sp³-hybridized carbons (Fsp3) is 0.562. The second kappa shape index (κ2) is 7.76. The molecular weight excluding hydrogens is 268 g/mol. The number of carbonyl (C=O) groups excluding carboxylic acids is 1. The molecule has 0 aromatic heterocycles. The van der Waals surface area contributed by atoms with E-state index in [0.717, 1.165) is 24.3 Å². The van der Waals surface area contributed by atoms with E-state index >= 15 is 0 Å². The number of anilines is 1. The summed E-state index contributed by atoms with van der Waals surface area (Å²) in [4.78, 5) is 12.0. The summed E-state index contributed by atoms with van der Waals surface area (Å²) >= 11 is 0. The molecular formula is C16H24N2O3. The van der Waals surface area contributed by atoms with Crippen molar-refractivity contribution in [1.29, 1.82) is 0 Å². The molecule has 1 aromatic rings. The van der Waals surface area contributed by atoms with E-state index in [4.69, 9.17) is 9.47 Å². The predicted octanol–water partition coefficient (Wildman–Crippen LogP) is 2.56. The highest BCUT2D eigenvalue weighted by molar-refractivity contribution is 5.81. The van der Waals surface area contributed by atoms with Crippen LogP contribution in [-0.4, -0.2) is 32.7 Å². The van der Waals surface area contributed by atoms with Gasteiger partial charge in [-0.15, -0.1) is 0 Å². The summed E-state index contributed by atoms with van der Waals surface area (Å²) < 4.78 is 10.5. The summed E-state index contributed by atoms with van der Waals surface area (Å²) in [7, 11) is 3.22. The monoisotopic (exact) mass is 292 g/mol. The molecule has 0 bridgehead atoms. The smallest absolute Gasteiger partial charge is 0.239 e. The Morgan fingerprint density at radius 2 is 1.95 bits per heavy atom. The third kappa shape index (κ3) is 4.55. The van der Waals surface area contributed by atoms with Crippen molar-refractivity contribution in [2.75, 3.05) is 26.1 Å². The summed E-state index contributed by atoms with van der Waals surface area (Å²) in [6, 6.07) is 5.80. The van der Waals surface area contributed by atoms with Gasteiger partial charge in [0.15, 0.2) is 0 Å². The number of hydrogen-bond acceptors (Lipinski definition) is 4. The van der Waals surface area contributed by atoms with E-state index in [9.17, 15) is 4.79 Å². The first-order valence-corrected chi connectivity index (χ1v) is 7.48. The average Bonchev–Trinajstić information content (AvgIpc) is 2.53. The lowest BCUT2D eigenvalue weighted by Gasteiger charge is -2.23. The molecule has 5 heteroatoms. The van der Waals surface area contributed by atoms with Gasteiger partial charge in [0.05, 0.1) is 26.5 Å². The molecule has 5 nitrogen and oxygen atoms in total. The zero-order chi connectivity index (χ0) is 15.1. The normalized spacial score (nSPS) is 15.3. The predicted molar refractivity (Wildman–Crippen MR) is 83.1 cm³/mol. The van der Waals surface area contributed by atoms with E-state index in [1.807, 2.05) is 18.2 Å². The van der Waals surface area contributed by atoms with E-state index < -0.39 is 0 Å². The number of benzene rings is 1. The lowest BCUT2D eigenvalue weighted by atomic mass is 9.95. The van der Waals surface area contributed by atoms with Gasteiger partial charge in [0.1, 0.15) is 11.5 Å². The summed E-state index contributed by atoms with van der Waals surface area (Å²) in [5.74, 6) is 1.44. The fourth-order valence-electron chi connectivity index (χ4n) is 2.65. The second-order valence-corrected chi connectivity index (χ2v) is 5.32. The maximum atomic E-state index is 12.0. The molecule has 0 saturated heterocycles. The van der Waals surface area contributed by atoms with Crippen molar-refractivity contribution < 1.29 is 14.3 Å². The van der Waals surface area contributed by atoms with Crippen LogP contribution in [0.15, 0.2) is 18.2 Å². The van der Waals surface area contributed by atoms with Crippen molar-refractivity contribution >= 4 is 11.6 Å². The van der Waals surface area contributed by atoms with Crippen LogP contribution in [0.5, 0.6) is 11.5 Å². The van der Waals surface area contributed by atoms with Gasteiger partial charge in [0.25, 0.3) is 0 Å². The summed E-state index contributed by atoms with van der Waals surface area (Å²) in [5.41, 5.74) is 0.760. The third-order valence-corrected chi connectivity index (χ3v) is 3.82. The minimum Gasteiger partial charge on any atom is -0.497 e. The van der Waals surface area contributed by atoms with E-state index in [-0.39, 0.29) is 12.5 Å². The largest absolute Gasteiger partial charge is 0.497 e. The summed E-state index contributed by atoms with van der Waals surface area (Å²) in [6.07, 6.45) is 5.89. The van der Waals surface area contributed by atoms with Gasteiger partial charge in [-0.25, -0.2) is 0 Å². The first kappa shape index (κ1) is 15.5. The van der Waals surface area contributed by atoms with Crippen LogP contribution >= 0.6 is 0 Å². The Morgan fingerprint density at radius 3 is 2.62 bits per heavy atom. The van der Waals surface area contributed by atoms with E-state index in [1.165, 1.54) is 19.3 Å². The quantitative estimate of drug-likeness (QED) is 0.846. The van der Waals surface area contributed by atoms with Crippen molar-refractivity contribution in [1.82, 2.24) is 5.32 Å². The minimum absolute atomic E-state index is 0.0202. The molecule has 116 valence electrons. The van der Waals surface area contributed by atoms with Crippen molar-refractivity contribution in [3.8, 4) is 11.5 Å². The van der Waals surface area contributed by atoms with Crippen molar-refractivity contribution in [2.45, 2.75) is 38.1 Å². The molecule has 2 N–H and O–H groups in total. The molecule has 0 radical (unpaired) electrons. The van der Waals surface area contributed by atoms with Gasteiger partial charge < -0.3 is 20.1 Å². The van der Waals surface area contributed by atoms with Crippen LogP contribution in [0.2, 0.25) is 0 Å². The van der Waals surface area contributed by atoms with Gasteiger partial charge in [0, 0.05) is 12.1 Å². The van der Waals surface area contributed by atoms with Crippen LogP contribution in [0.1, 0.15) is 32.1 Å². The molecule has 0 unspecified atom stereocenters. The van der Waals surface area contributed by atoms with Crippen LogP contribution in [0.25, 0.3) is 0 Å². The van der Waals surface area contributed by atoms with Crippen LogP contribution in [0, 0.1) is 0 Å². The Bertz CT molecular complexity index is 471. The maximum absolute atomic E-state index is 12.0. The van der Waals surface area contributed by atoms with Gasteiger partial charge in [-0.1, -0.05) is 19.3 Å². The highest BCUT2D eigenvalue weighted by Gasteiger charge is 2.15. The maximum Gasteiger partial charge on any atom is 0.239 e. The van der Waals surface area contributed by atoms with Crippen molar-refractivity contribution in [3.05, 3.63) is 18.2 Å². The number of rotatable bonds is 6. The molecule has 0 atom stereocenters. The highest BCUT2D eigenvalue weighted by Crippen LogP contribution is 2.28. The van der Waals surface area contributed by atoms with Gasteiger partial charge in [-0.05, 0) is 25.0 Å². The number of methoxy groups -OCH3 is 2. The highest BCUT2D eigenvalue weighted by atomic mass is 16.5. The topological polar surface area (TPSA) is 59.6 Å². The number of hydrogen-bond donors (Lipinski definition) is 2. The number of ether oxygens (including phenoxy) is 2. The molecule has 1 amide bonds. The Morgan fingerprint density at radius 1 is 1.19 bits per heavy atom. The summed E-state index contributed by atoms with van der Waals surface area (Å²) in [5, 5.41) is 6.19. The first-order valence-electron chi connectivity index (χ1n) is 7.48. The van der Waals surface area contributed by atoms with Crippen LogP contribution in [0.4, 0.5) is 5.69 Å².